The van der Waals surface area contributed by atoms with Crippen molar-refractivity contribution in [2.75, 3.05) is 5.32 Å². The highest BCUT2D eigenvalue weighted by atomic mass is 35.5. The van der Waals surface area contributed by atoms with E-state index in [1.807, 2.05) is 20.8 Å². The number of carbonyl (C=O) groups excluding carboxylic acids is 1. The second kappa shape index (κ2) is 8.88. The summed E-state index contributed by atoms with van der Waals surface area (Å²) in [5.41, 5.74) is -0.834. The SMILES string of the molecule is CC(Sc1nc(C(C)(C)C)nc2c1c(=O)n(C)c(=O)n2C)C(=O)Nc1cccc(Cl)c1Cl. The highest BCUT2D eigenvalue weighted by molar-refractivity contribution is 8.00. The van der Waals surface area contributed by atoms with E-state index in [4.69, 9.17) is 23.2 Å². The highest BCUT2D eigenvalue weighted by Crippen LogP contribution is 2.32. The number of carbonyl (C=O) groups is 1. The van der Waals surface area contributed by atoms with Crippen molar-refractivity contribution in [1.29, 1.82) is 0 Å². The Kier molecular flexibility index (Phi) is 6.74. The minimum atomic E-state index is -0.641. The summed E-state index contributed by atoms with van der Waals surface area (Å²) in [4.78, 5) is 47.3. The lowest BCUT2D eigenvalue weighted by Gasteiger charge is -2.20. The standard InChI is InChI=1S/C21H23Cl2N5O3S/c1-10(16(29)24-12-9-7-8-11(22)14(12)23)32-17-13-15(25-19(26-17)21(2,3)4)27(5)20(31)28(6)18(13)30/h7-10H,1-6H3,(H,24,29). The van der Waals surface area contributed by atoms with E-state index in [2.05, 4.69) is 15.3 Å². The molecule has 0 aliphatic carbocycles. The number of aryl methyl sites for hydroxylation is 1. The van der Waals surface area contributed by atoms with E-state index in [0.29, 0.717) is 21.6 Å². The molecule has 0 fully saturated rings. The molecule has 1 atom stereocenters. The molecule has 2 heterocycles. The molecular formula is C21H23Cl2N5O3S. The number of hydrogen-bond acceptors (Lipinski definition) is 6. The van der Waals surface area contributed by atoms with Gasteiger partial charge in [0.1, 0.15) is 16.2 Å². The van der Waals surface area contributed by atoms with Gasteiger partial charge in [-0.3, -0.25) is 18.7 Å². The van der Waals surface area contributed by atoms with Crippen LogP contribution in [0, 0.1) is 0 Å². The number of halogens is 2. The van der Waals surface area contributed by atoms with Gasteiger partial charge in [-0.25, -0.2) is 14.8 Å². The Balaban J connectivity index is 2.09. The zero-order valence-electron chi connectivity index (χ0n) is 18.5. The summed E-state index contributed by atoms with van der Waals surface area (Å²) in [6.45, 7) is 7.48. The van der Waals surface area contributed by atoms with Crippen LogP contribution < -0.4 is 16.6 Å². The zero-order chi connectivity index (χ0) is 24.0. The molecule has 0 saturated carbocycles. The molecule has 0 radical (unpaired) electrons. The molecule has 1 aromatic carbocycles. The first-order valence-corrected chi connectivity index (χ1v) is 11.4. The van der Waals surface area contributed by atoms with Gasteiger partial charge in [-0.1, -0.05) is 61.8 Å². The number of rotatable bonds is 4. The van der Waals surface area contributed by atoms with Gasteiger partial charge in [-0.05, 0) is 19.1 Å². The summed E-state index contributed by atoms with van der Waals surface area (Å²) in [7, 11) is 2.95. The second-order valence-electron chi connectivity index (χ2n) is 8.36. The highest BCUT2D eigenvalue weighted by Gasteiger charge is 2.26. The van der Waals surface area contributed by atoms with E-state index in [9.17, 15) is 14.4 Å². The number of amides is 1. The molecule has 0 spiro atoms. The molecule has 0 saturated heterocycles. The van der Waals surface area contributed by atoms with Gasteiger partial charge in [0.05, 0.1) is 21.0 Å². The van der Waals surface area contributed by atoms with Crippen molar-refractivity contribution in [3.05, 3.63) is 54.9 Å². The lowest BCUT2D eigenvalue weighted by molar-refractivity contribution is -0.115. The first kappa shape index (κ1) is 24.3. The van der Waals surface area contributed by atoms with Crippen LogP contribution in [0.15, 0.2) is 32.8 Å². The molecule has 0 aliphatic rings. The fraction of sp³-hybridized carbons (Fsp3) is 0.381. The van der Waals surface area contributed by atoms with Crippen molar-refractivity contribution in [3.63, 3.8) is 0 Å². The predicted octanol–water partition coefficient (Wildman–Crippen LogP) is 3.75. The van der Waals surface area contributed by atoms with Gasteiger partial charge in [0.15, 0.2) is 5.65 Å². The van der Waals surface area contributed by atoms with Crippen LogP contribution in [-0.2, 0) is 24.3 Å². The summed E-state index contributed by atoms with van der Waals surface area (Å²) in [5.74, 6) is 0.117. The molecule has 3 aromatic rings. The van der Waals surface area contributed by atoms with Crippen LogP contribution in [0.25, 0.3) is 11.0 Å². The van der Waals surface area contributed by atoms with Crippen molar-refractivity contribution >= 4 is 57.6 Å². The van der Waals surface area contributed by atoms with Crippen LogP contribution in [0.4, 0.5) is 5.69 Å². The maximum atomic E-state index is 12.9. The number of thioether (sulfide) groups is 1. The summed E-state index contributed by atoms with van der Waals surface area (Å²) in [6, 6.07) is 4.95. The van der Waals surface area contributed by atoms with Crippen LogP contribution in [0.5, 0.6) is 0 Å². The smallest absolute Gasteiger partial charge is 0.324 e. The van der Waals surface area contributed by atoms with Crippen molar-refractivity contribution in [1.82, 2.24) is 19.1 Å². The van der Waals surface area contributed by atoms with E-state index in [1.54, 1.807) is 32.2 Å². The number of nitrogens with zero attached hydrogens (tertiary/aromatic N) is 4. The number of nitrogens with one attached hydrogen (secondary N) is 1. The average molecular weight is 496 g/mol. The molecule has 0 bridgehead atoms. The fourth-order valence-electron chi connectivity index (χ4n) is 2.91. The maximum Gasteiger partial charge on any atom is 0.332 e. The van der Waals surface area contributed by atoms with Crippen LogP contribution in [-0.4, -0.2) is 30.3 Å². The molecule has 3 rings (SSSR count). The Morgan fingerprint density at radius 1 is 1.12 bits per heavy atom. The van der Waals surface area contributed by atoms with Gasteiger partial charge in [-0.15, -0.1) is 0 Å². The second-order valence-corrected chi connectivity index (χ2v) is 10.5. The van der Waals surface area contributed by atoms with Crippen LogP contribution in [0.3, 0.4) is 0 Å². The topological polar surface area (TPSA) is 98.9 Å². The molecule has 32 heavy (non-hydrogen) atoms. The van der Waals surface area contributed by atoms with Crippen LogP contribution in [0.2, 0.25) is 10.0 Å². The normalized spacial score (nSPS) is 12.8. The zero-order valence-corrected chi connectivity index (χ0v) is 20.8. The molecule has 1 N–H and O–H groups in total. The van der Waals surface area contributed by atoms with E-state index in [-0.39, 0.29) is 22.0 Å². The van der Waals surface area contributed by atoms with Gasteiger partial charge in [-0.2, -0.15) is 0 Å². The minimum absolute atomic E-state index is 0.188. The van der Waals surface area contributed by atoms with Crippen molar-refractivity contribution in [3.8, 4) is 0 Å². The monoisotopic (exact) mass is 495 g/mol. The summed E-state index contributed by atoms with van der Waals surface area (Å²) >= 11 is 13.3. The quantitative estimate of drug-likeness (QED) is 0.437. The Morgan fingerprint density at radius 2 is 1.78 bits per heavy atom. The first-order valence-electron chi connectivity index (χ1n) is 9.72. The number of anilines is 1. The lowest BCUT2D eigenvalue weighted by atomic mass is 9.96. The van der Waals surface area contributed by atoms with Crippen molar-refractivity contribution < 1.29 is 4.79 Å². The Labute approximate surface area is 199 Å². The van der Waals surface area contributed by atoms with E-state index in [1.165, 1.54) is 11.6 Å². The van der Waals surface area contributed by atoms with Crippen LogP contribution >= 0.6 is 35.0 Å². The third-order valence-electron chi connectivity index (χ3n) is 4.80. The molecule has 8 nitrogen and oxygen atoms in total. The Hall–Kier alpha value is -2.36. The Morgan fingerprint density at radius 3 is 2.41 bits per heavy atom. The fourth-order valence-corrected chi connectivity index (χ4v) is 4.19. The molecule has 1 unspecified atom stereocenters. The molecule has 0 aliphatic heterocycles. The average Bonchev–Trinajstić information content (AvgIpc) is 2.72. The van der Waals surface area contributed by atoms with Crippen LogP contribution in [0.1, 0.15) is 33.5 Å². The van der Waals surface area contributed by atoms with E-state index in [0.717, 1.165) is 16.3 Å². The summed E-state index contributed by atoms with van der Waals surface area (Å²) < 4.78 is 2.32. The Bertz CT molecular complexity index is 1340. The van der Waals surface area contributed by atoms with Crippen molar-refractivity contribution in [2.45, 2.75) is 43.4 Å². The summed E-state index contributed by atoms with van der Waals surface area (Å²) in [5, 5.41) is 3.20. The molecule has 11 heteroatoms. The largest absolute Gasteiger partial charge is 0.332 e. The number of benzene rings is 1. The van der Waals surface area contributed by atoms with Gasteiger partial charge in [0.25, 0.3) is 5.56 Å². The third-order valence-corrected chi connectivity index (χ3v) is 6.71. The molecule has 2 aromatic heterocycles. The number of fused-ring (bicyclic) bond motifs is 1. The molecule has 1 amide bonds. The van der Waals surface area contributed by atoms with Gasteiger partial charge >= 0.3 is 5.69 Å². The molecular weight excluding hydrogens is 473 g/mol. The van der Waals surface area contributed by atoms with Crippen molar-refractivity contribution in [2.24, 2.45) is 14.1 Å². The lowest BCUT2D eigenvalue weighted by Crippen LogP contribution is -2.38. The van der Waals surface area contributed by atoms with Gasteiger partial charge in [0, 0.05) is 19.5 Å². The van der Waals surface area contributed by atoms with Gasteiger partial charge in [0.2, 0.25) is 5.91 Å². The van der Waals surface area contributed by atoms with E-state index >= 15 is 0 Å². The molecule has 170 valence electrons. The first-order chi connectivity index (χ1) is 14.8. The van der Waals surface area contributed by atoms with E-state index < -0.39 is 21.9 Å². The van der Waals surface area contributed by atoms with Gasteiger partial charge < -0.3 is 5.32 Å². The number of hydrogen-bond donors (Lipinski definition) is 1. The maximum absolute atomic E-state index is 12.9. The predicted molar refractivity (Wildman–Crippen MR) is 129 cm³/mol. The summed E-state index contributed by atoms with van der Waals surface area (Å²) in [6.07, 6.45) is 0. The minimum Gasteiger partial charge on any atom is -0.324 e. The third kappa shape index (κ3) is 4.55. The number of aromatic nitrogens is 4.